The third kappa shape index (κ3) is 6.46. The summed E-state index contributed by atoms with van der Waals surface area (Å²) in [5.74, 6) is -3.69. The Labute approximate surface area is 271 Å². The lowest BCUT2D eigenvalue weighted by molar-refractivity contribution is -0.392. The van der Waals surface area contributed by atoms with Crippen molar-refractivity contribution >= 4 is 9.84 Å². The molecule has 2 atom stereocenters. The van der Waals surface area contributed by atoms with Crippen LogP contribution in [-0.2, 0) is 37.9 Å². The van der Waals surface area contributed by atoms with E-state index >= 15 is 0 Å². The topological polar surface area (TPSA) is 43.4 Å². The molecule has 1 aliphatic carbocycles. The van der Waals surface area contributed by atoms with Gasteiger partial charge in [0.1, 0.15) is 22.2 Å². The van der Waals surface area contributed by atoms with Gasteiger partial charge in [-0.3, -0.25) is 0 Å². The summed E-state index contributed by atoms with van der Waals surface area (Å²) in [6, 6.07) is 18.3. The monoisotopic (exact) mass is 700 g/mol. The first-order valence-electron chi connectivity index (χ1n) is 14.9. The summed E-state index contributed by atoms with van der Waals surface area (Å²) in [5, 5.41) is 0. The van der Waals surface area contributed by atoms with Gasteiger partial charge < -0.3 is 4.74 Å². The van der Waals surface area contributed by atoms with Gasteiger partial charge in [0, 0.05) is 11.1 Å². The second kappa shape index (κ2) is 13.2. The van der Waals surface area contributed by atoms with Crippen molar-refractivity contribution in [1.82, 2.24) is 0 Å². The molecular weight excluding hydrogens is 671 g/mol. The average molecular weight is 701 g/mol. The number of sulfone groups is 1. The lowest BCUT2D eigenvalue weighted by Crippen LogP contribution is -2.56. The zero-order chi connectivity index (χ0) is 35.0. The summed E-state index contributed by atoms with van der Waals surface area (Å²) in [4.78, 5) is -0.258. The molecule has 1 fully saturated rings. The number of alkyl halides is 6. The molecule has 0 aliphatic heterocycles. The summed E-state index contributed by atoms with van der Waals surface area (Å²) < 4.78 is 160. The number of aryl methyl sites for hydroxylation is 1. The van der Waals surface area contributed by atoms with Crippen LogP contribution in [0, 0.1) is 23.4 Å². The van der Waals surface area contributed by atoms with Gasteiger partial charge in [-0.05, 0) is 85.5 Å². The van der Waals surface area contributed by atoms with Crippen LogP contribution >= 0.6 is 0 Å². The fraction of sp³-hybridized carbons (Fsp3) is 0.314. The van der Waals surface area contributed by atoms with Crippen molar-refractivity contribution in [3.05, 3.63) is 137 Å². The van der Waals surface area contributed by atoms with Crippen LogP contribution in [0.25, 0.3) is 0 Å². The highest BCUT2D eigenvalue weighted by Gasteiger charge is 2.73. The van der Waals surface area contributed by atoms with E-state index in [1.807, 2.05) is 30.3 Å². The number of benzene rings is 4. The Morgan fingerprint density at radius 2 is 1.31 bits per heavy atom. The van der Waals surface area contributed by atoms with Crippen LogP contribution in [0.15, 0.2) is 102 Å². The van der Waals surface area contributed by atoms with E-state index in [9.17, 15) is 47.9 Å². The van der Waals surface area contributed by atoms with Crippen LogP contribution in [-0.4, -0.2) is 20.8 Å². The van der Waals surface area contributed by atoms with Gasteiger partial charge in [0.15, 0.2) is 9.84 Å². The summed E-state index contributed by atoms with van der Waals surface area (Å²) in [7, 11) is -4.37. The third-order valence-corrected chi connectivity index (χ3v) is 11.5. The molecule has 2 unspecified atom stereocenters. The molecule has 0 radical (unpaired) electrons. The highest BCUT2D eigenvalue weighted by Crippen LogP contribution is 2.55. The Morgan fingerprint density at radius 3 is 1.88 bits per heavy atom. The summed E-state index contributed by atoms with van der Waals surface area (Å²) >= 11 is 0. The fourth-order valence-electron chi connectivity index (χ4n) is 6.46. The molecule has 0 aromatic heterocycles. The van der Waals surface area contributed by atoms with Crippen LogP contribution in [0.3, 0.4) is 0 Å². The van der Waals surface area contributed by atoms with Gasteiger partial charge in [-0.15, -0.1) is 0 Å². The maximum absolute atomic E-state index is 14.5. The molecule has 5 rings (SSSR count). The SMILES string of the molecule is O=S(=O)(c1ccc(F)cc1)C1(c2ccc(C(OCc3c(F)cccc3F)(C(F)(F)F)C(F)(F)F)cc2)CCC(CCc2ccccc2)C1. The normalized spacial score (nSPS) is 19.1. The lowest BCUT2D eigenvalue weighted by Gasteiger charge is -2.38. The Kier molecular flexibility index (Phi) is 9.77. The molecule has 256 valence electrons. The van der Waals surface area contributed by atoms with E-state index in [1.54, 1.807) is 0 Å². The van der Waals surface area contributed by atoms with Crippen molar-refractivity contribution in [2.75, 3.05) is 0 Å². The molecule has 48 heavy (non-hydrogen) atoms. The predicted octanol–water partition coefficient (Wildman–Crippen LogP) is 9.74. The van der Waals surface area contributed by atoms with E-state index in [4.69, 9.17) is 0 Å². The first-order valence-corrected chi connectivity index (χ1v) is 16.4. The number of hydrogen-bond donors (Lipinski definition) is 0. The number of hydrogen-bond acceptors (Lipinski definition) is 3. The fourth-order valence-corrected chi connectivity index (χ4v) is 8.70. The van der Waals surface area contributed by atoms with E-state index in [-0.39, 0.29) is 29.2 Å². The molecule has 0 saturated heterocycles. The van der Waals surface area contributed by atoms with E-state index in [1.165, 1.54) is 0 Å². The minimum Gasteiger partial charge on any atom is -0.349 e. The lowest BCUT2D eigenvalue weighted by atomic mass is 9.87. The molecule has 0 amide bonds. The maximum atomic E-state index is 14.5. The summed E-state index contributed by atoms with van der Waals surface area (Å²) in [6.07, 6.45) is -10.8. The second-order valence-electron chi connectivity index (χ2n) is 11.8. The van der Waals surface area contributed by atoms with Crippen molar-refractivity contribution in [2.45, 2.75) is 66.3 Å². The van der Waals surface area contributed by atoms with E-state index in [0.717, 1.165) is 48.0 Å². The highest BCUT2D eigenvalue weighted by molar-refractivity contribution is 7.92. The summed E-state index contributed by atoms with van der Waals surface area (Å²) in [6.45, 7) is -1.72. The van der Waals surface area contributed by atoms with Crippen LogP contribution in [0.5, 0.6) is 0 Å². The quantitative estimate of drug-likeness (QED) is 0.122. The molecule has 13 heteroatoms. The van der Waals surface area contributed by atoms with Crippen molar-refractivity contribution in [2.24, 2.45) is 5.92 Å². The van der Waals surface area contributed by atoms with Crippen molar-refractivity contribution in [3.8, 4) is 0 Å². The molecule has 0 heterocycles. The Hall–Kier alpha value is -3.84. The molecule has 4 aromatic rings. The van der Waals surface area contributed by atoms with E-state index in [2.05, 4.69) is 4.74 Å². The largest absolute Gasteiger partial charge is 0.430 e. The van der Waals surface area contributed by atoms with Crippen LogP contribution in [0.2, 0.25) is 0 Å². The molecule has 3 nitrogen and oxygen atoms in total. The van der Waals surface area contributed by atoms with Crippen LogP contribution in [0.4, 0.5) is 39.5 Å². The Morgan fingerprint density at radius 1 is 0.729 bits per heavy atom. The zero-order valence-electron chi connectivity index (χ0n) is 25.1. The van der Waals surface area contributed by atoms with Crippen molar-refractivity contribution in [1.29, 1.82) is 0 Å². The van der Waals surface area contributed by atoms with Gasteiger partial charge >= 0.3 is 12.4 Å². The van der Waals surface area contributed by atoms with E-state index < -0.39 is 67.7 Å². The summed E-state index contributed by atoms with van der Waals surface area (Å²) in [5.41, 5.74) is -6.67. The van der Waals surface area contributed by atoms with Gasteiger partial charge in [0.25, 0.3) is 5.60 Å². The average Bonchev–Trinajstić information content (AvgIpc) is 3.47. The van der Waals surface area contributed by atoms with Crippen molar-refractivity contribution < 1.29 is 52.7 Å². The molecule has 4 aromatic carbocycles. The Bertz CT molecular complexity index is 1790. The number of ether oxygens (including phenoxy) is 1. The third-order valence-electron chi connectivity index (χ3n) is 9.01. The van der Waals surface area contributed by atoms with Gasteiger partial charge in [0.05, 0.1) is 11.5 Å². The standard InChI is InChI=1S/C35H29F9O3S/c36-27-15-17-28(18-16-27)48(45,46)32(20-19-24(21-32)10-9-23-5-2-1-3-6-23)25-11-13-26(14-12-25)33(34(39,40)41,35(42,43)44)47-22-29-30(37)7-4-8-31(29)38/h1-8,11-18,24H,9-10,19-22H2. The molecular formula is C35H29F9O3S. The van der Waals surface area contributed by atoms with Crippen LogP contribution < -0.4 is 0 Å². The predicted molar refractivity (Wildman–Crippen MR) is 159 cm³/mol. The highest BCUT2D eigenvalue weighted by atomic mass is 32.2. The van der Waals surface area contributed by atoms with E-state index in [0.29, 0.717) is 43.5 Å². The molecule has 1 aliphatic rings. The minimum atomic E-state index is -6.16. The first-order chi connectivity index (χ1) is 22.5. The minimum absolute atomic E-state index is 0.00173. The first kappa shape index (κ1) is 35.5. The number of halogens is 9. The smallest absolute Gasteiger partial charge is 0.349 e. The molecule has 0 spiro atoms. The molecule has 1 saturated carbocycles. The Balaban J connectivity index is 1.57. The van der Waals surface area contributed by atoms with Crippen molar-refractivity contribution in [3.63, 3.8) is 0 Å². The number of rotatable bonds is 10. The maximum Gasteiger partial charge on any atom is 0.430 e. The van der Waals surface area contributed by atoms with Gasteiger partial charge in [0.2, 0.25) is 0 Å². The second-order valence-corrected chi connectivity index (χ2v) is 14.1. The van der Waals surface area contributed by atoms with Gasteiger partial charge in [-0.25, -0.2) is 21.6 Å². The zero-order valence-corrected chi connectivity index (χ0v) is 25.9. The molecule has 0 N–H and O–H groups in total. The van der Waals surface area contributed by atoms with Crippen LogP contribution in [0.1, 0.15) is 47.9 Å². The van der Waals surface area contributed by atoms with Gasteiger partial charge in [-0.1, -0.05) is 60.7 Å². The van der Waals surface area contributed by atoms with Gasteiger partial charge in [-0.2, -0.15) is 26.3 Å². The molecule has 0 bridgehead atoms.